The Labute approximate surface area is 194 Å². The van der Waals surface area contributed by atoms with Gasteiger partial charge in [-0.15, -0.1) is 0 Å². The molecule has 1 aromatic heterocycles. The number of nitrogens with zero attached hydrogens (tertiary/aromatic N) is 2. The van der Waals surface area contributed by atoms with Crippen molar-refractivity contribution in [3.63, 3.8) is 0 Å². The largest absolute Gasteiger partial charge is 0.324 e. The molecule has 2 aromatic carbocycles. The smallest absolute Gasteiger partial charge is 0.248 e. The van der Waals surface area contributed by atoms with E-state index in [2.05, 4.69) is 27.9 Å². The average molecular weight is 441 g/mol. The third kappa shape index (κ3) is 5.47. The molecule has 0 radical (unpaired) electrons. The lowest BCUT2D eigenvalue weighted by molar-refractivity contribution is -0.117. The summed E-state index contributed by atoms with van der Waals surface area (Å²) in [7, 11) is 0. The summed E-state index contributed by atoms with van der Waals surface area (Å²) in [5.74, 6) is -0.0389. The number of aryl methyl sites for hydroxylation is 1. The lowest BCUT2D eigenvalue weighted by atomic mass is 10.0. The van der Waals surface area contributed by atoms with E-state index >= 15 is 0 Å². The van der Waals surface area contributed by atoms with Crippen LogP contribution in [0.1, 0.15) is 36.2 Å². The van der Waals surface area contributed by atoms with Gasteiger partial charge in [0, 0.05) is 23.8 Å². The summed E-state index contributed by atoms with van der Waals surface area (Å²) in [6, 6.07) is 17.1. The van der Waals surface area contributed by atoms with Crippen molar-refractivity contribution in [1.82, 2.24) is 9.78 Å². The Morgan fingerprint density at radius 1 is 1.03 bits per heavy atom. The fourth-order valence-corrected chi connectivity index (χ4v) is 4.06. The number of benzene rings is 2. The molecular weight excluding hydrogens is 412 g/mol. The lowest BCUT2D eigenvalue weighted by Gasteiger charge is -2.13. The molecule has 0 fully saturated rings. The van der Waals surface area contributed by atoms with E-state index in [4.69, 9.17) is 0 Å². The fourth-order valence-electron chi connectivity index (χ4n) is 4.06. The summed E-state index contributed by atoms with van der Waals surface area (Å²) >= 11 is 0. The minimum absolute atomic E-state index is 0.0524. The molecule has 4 rings (SSSR count). The molecule has 33 heavy (non-hydrogen) atoms. The maximum absolute atomic E-state index is 12.7. The number of hydrogen-bond acceptors (Lipinski definition) is 3. The minimum atomic E-state index is -0.276. The van der Waals surface area contributed by atoms with Crippen molar-refractivity contribution in [2.24, 2.45) is 5.92 Å². The predicted octanol–water partition coefficient (Wildman–Crippen LogP) is 5.44. The van der Waals surface area contributed by atoms with Crippen molar-refractivity contribution in [3.8, 4) is 5.69 Å². The zero-order chi connectivity index (χ0) is 23.2. The Hall–Kier alpha value is -3.93. The third-order valence-corrected chi connectivity index (χ3v) is 5.77. The monoisotopic (exact) mass is 440 g/mol. The van der Waals surface area contributed by atoms with Gasteiger partial charge in [-0.05, 0) is 62.9 Å². The van der Waals surface area contributed by atoms with Crippen molar-refractivity contribution in [1.29, 1.82) is 0 Å². The first-order chi connectivity index (χ1) is 16.0. The summed E-state index contributed by atoms with van der Waals surface area (Å²) in [4.78, 5) is 25.1. The molecule has 1 aliphatic rings. The van der Waals surface area contributed by atoms with Gasteiger partial charge in [0.25, 0.3) is 0 Å². The summed E-state index contributed by atoms with van der Waals surface area (Å²) < 4.78 is 1.87. The maximum atomic E-state index is 12.7. The van der Waals surface area contributed by atoms with Gasteiger partial charge in [-0.3, -0.25) is 9.59 Å². The highest BCUT2D eigenvalue weighted by Crippen LogP contribution is 2.25. The predicted molar refractivity (Wildman–Crippen MR) is 132 cm³/mol. The van der Waals surface area contributed by atoms with Gasteiger partial charge in [-0.2, -0.15) is 5.10 Å². The van der Waals surface area contributed by atoms with Gasteiger partial charge < -0.3 is 10.6 Å². The highest BCUT2D eigenvalue weighted by Gasteiger charge is 2.16. The van der Waals surface area contributed by atoms with Gasteiger partial charge in [-0.1, -0.05) is 42.5 Å². The maximum Gasteiger partial charge on any atom is 0.248 e. The number of carbonyl (C=O) groups excluding carboxylic acids is 2. The summed E-state index contributed by atoms with van der Waals surface area (Å²) in [5.41, 5.74) is 4.83. The molecule has 6 heteroatoms. The number of anilines is 2. The Balaban J connectivity index is 1.44. The van der Waals surface area contributed by atoms with E-state index in [-0.39, 0.29) is 17.7 Å². The van der Waals surface area contributed by atoms with Crippen molar-refractivity contribution in [2.45, 2.75) is 33.1 Å². The molecule has 0 aliphatic heterocycles. The standard InChI is InChI=1S/C27H28N4O2/c1-19-23(20(2)31(30-19)22-12-4-3-5-13-22)16-17-26(32)28-24-14-8-9-15-25(24)29-27(33)18-21-10-6-7-11-21/h3-6,8-10,12-17,21H,7,11,18H2,1-2H3,(H,28,32)(H,29,33)/b17-16+. The number of amides is 2. The van der Waals surface area contributed by atoms with Crippen LogP contribution in [0.4, 0.5) is 11.4 Å². The second-order valence-corrected chi connectivity index (χ2v) is 8.22. The molecule has 2 N–H and O–H groups in total. The van der Waals surface area contributed by atoms with E-state index in [0.29, 0.717) is 17.8 Å². The topological polar surface area (TPSA) is 76.0 Å². The van der Waals surface area contributed by atoms with Crippen LogP contribution < -0.4 is 10.6 Å². The first-order valence-corrected chi connectivity index (χ1v) is 11.2. The Bertz CT molecular complexity index is 1210. The van der Waals surface area contributed by atoms with Crippen LogP contribution in [0.25, 0.3) is 11.8 Å². The molecule has 3 aromatic rings. The van der Waals surface area contributed by atoms with Crippen molar-refractivity contribution < 1.29 is 9.59 Å². The van der Waals surface area contributed by atoms with Crippen LogP contribution in [0.15, 0.2) is 72.8 Å². The molecule has 1 heterocycles. The Morgan fingerprint density at radius 2 is 1.73 bits per heavy atom. The second-order valence-electron chi connectivity index (χ2n) is 8.22. The van der Waals surface area contributed by atoms with E-state index in [9.17, 15) is 9.59 Å². The van der Waals surface area contributed by atoms with Crippen LogP contribution >= 0.6 is 0 Å². The van der Waals surface area contributed by atoms with Crippen LogP contribution in [0, 0.1) is 19.8 Å². The zero-order valence-electron chi connectivity index (χ0n) is 18.9. The molecule has 0 saturated carbocycles. The molecule has 1 unspecified atom stereocenters. The first kappa shape index (κ1) is 22.3. The van der Waals surface area contributed by atoms with Crippen LogP contribution in [0.2, 0.25) is 0 Å². The molecule has 0 spiro atoms. The quantitative estimate of drug-likeness (QED) is 0.380. The van der Waals surface area contributed by atoms with E-state index in [1.165, 1.54) is 6.08 Å². The molecule has 2 amide bonds. The number of aromatic nitrogens is 2. The van der Waals surface area contributed by atoms with Gasteiger partial charge in [0.2, 0.25) is 11.8 Å². The first-order valence-electron chi connectivity index (χ1n) is 11.2. The molecule has 168 valence electrons. The number of para-hydroxylation sites is 3. The van der Waals surface area contributed by atoms with E-state index < -0.39 is 0 Å². The average Bonchev–Trinajstić information content (AvgIpc) is 3.42. The lowest BCUT2D eigenvalue weighted by Crippen LogP contribution is -2.17. The number of rotatable bonds is 7. The number of hydrogen-bond donors (Lipinski definition) is 2. The van der Waals surface area contributed by atoms with Crippen LogP contribution in [-0.2, 0) is 9.59 Å². The van der Waals surface area contributed by atoms with Crippen molar-refractivity contribution in [3.05, 3.63) is 89.8 Å². The molecule has 6 nitrogen and oxygen atoms in total. The van der Waals surface area contributed by atoms with Gasteiger partial charge in [0.05, 0.1) is 22.8 Å². The van der Waals surface area contributed by atoms with E-state index in [0.717, 1.165) is 35.5 Å². The Morgan fingerprint density at radius 3 is 2.42 bits per heavy atom. The normalized spacial score (nSPS) is 15.2. The van der Waals surface area contributed by atoms with E-state index in [1.807, 2.05) is 61.0 Å². The minimum Gasteiger partial charge on any atom is -0.324 e. The highest BCUT2D eigenvalue weighted by molar-refractivity contribution is 6.05. The SMILES string of the molecule is Cc1nn(-c2ccccc2)c(C)c1/C=C/C(=O)Nc1ccccc1NC(=O)CC1C=CCC1. The summed E-state index contributed by atoms with van der Waals surface area (Å²) in [6.45, 7) is 3.91. The summed E-state index contributed by atoms with van der Waals surface area (Å²) in [6.07, 6.45) is 9.97. The third-order valence-electron chi connectivity index (χ3n) is 5.77. The number of nitrogens with one attached hydrogen (secondary N) is 2. The zero-order valence-corrected chi connectivity index (χ0v) is 18.9. The molecular formula is C27H28N4O2. The fraction of sp³-hybridized carbons (Fsp3) is 0.222. The van der Waals surface area contributed by atoms with E-state index in [1.54, 1.807) is 18.2 Å². The van der Waals surface area contributed by atoms with Crippen molar-refractivity contribution >= 4 is 29.3 Å². The molecule has 0 saturated heterocycles. The van der Waals surface area contributed by atoms with Crippen LogP contribution in [0.3, 0.4) is 0 Å². The number of carbonyl (C=O) groups is 2. The van der Waals surface area contributed by atoms with Crippen LogP contribution in [-0.4, -0.2) is 21.6 Å². The van der Waals surface area contributed by atoms with Gasteiger partial charge in [0.15, 0.2) is 0 Å². The molecule has 1 aliphatic carbocycles. The molecule has 1 atom stereocenters. The van der Waals surface area contributed by atoms with Gasteiger partial charge in [-0.25, -0.2) is 4.68 Å². The number of allylic oxidation sites excluding steroid dienone is 2. The van der Waals surface area contributed by atoms with Gasteiger partial charge in [0.1, 0.15) is 0 Å². The van der Waals surface area contributed by atoms with Gasteiger partial charge >= 0.3 is 0 Å². The highest BCUT2D eigenvalue weighted by atomic mass is 16.2. The van der Waals surface area contributed by atoms with Crippen LogP contribution in [0.5, 0.6) is 0 Å². The summed E-state index contributed by atoms with van der Waals surface area (Å²) in [5, 5.41) is 10.4. The van der Waals surface area contributed by atoms with Crippen molar-refractivity contribution in [2.75, 3.05) is 10.6 Å². The second kappa shape index (κ2) is 10.1. The molecule has 0 bridgehead atoms. The Kier molecular flexibility index (Phi) is 6.83.